The van der Waals surface area contributed by atoms with Crippen molar-refractivity contribution < 1.29 is 13.9 Å². The Labute approximate surface area is 193 Å². The minimum absolute atomic E-state index is 0. The Hall–Kier alpha value is -1.14. The predicted molar refractivity (Wildman–Crippen MR) is 127 cm³/mol. The van der Waals surface area contributed by atoms with Gasteiger partial charge in [-0.15, -0.1) is 35.3 Å². The van der Waals surface area contributed by atoms with Gasteiger partial charge in [-0.1, -0.05) is 6.07 Å². The van der Waals surface area contributed by atoms with Crippen molar-refractivity contribution in [3.63, 3.8) is 0 Å². The summed E-state index contributed by atoms with van der Waals surface area (Å²) in [6, 6.07) is 8.48. The minimum atomic E-state index is 0. The summed E-state index contributed by atoms with van der Waals surface area (Å²) in [5, 5.41) is 8.88. The zero-order valence-corrected chi connectivity index (χ0v) is 20.0. The van der Waals surface area contributed by atoms with Crippen LogP contribution in [-0.4, -0.2) is 70.5 Å². The Bertz CT molecular complexity index is 676. The maximum atomic E-state index is 5.53. The van der Waals surface area contributed by atoms with Gasteiger partial charge in [-0.2, -0.15) is 0 Å². The number of hydrogen-bond acceptors (Lipinski definition) is 6. The summed E-state index contributed by atoms with van der Waals surface area (Å²) in [5.74, 6) is 1.77. The molecule has 0 amide bonds. The maximum Gasteiger partial charge on any atom is 0.191 e. The van der Waals surface area contributed by atoms with Gasteiger partial charge in [-0.3, -0.25) is 9.89 Å². The molecule has 2 N–H and O–H groups in total. The molecule has 1 aliphatic heterocycles. The third-order valence-electron chi connectivity index (χ3n) is 4.62. The predicted octanol–water partition coefficient (Wildman–Crippen LogP) is 2.76. The lowest BCUT2D eigenvalue weighted by Crippen LogP contribution is -2.42. The third kappa shape index (κ3) is 8.25. The zero-order valence-electron chi connectivity index (χ0n) is 16.8. The van der Waals surface area contributed by atoms with Crippen LogP contribution in [0.5, 0.6) is 0 Å². The first-order valence-corrected chi connectivity index (χ1v) is 10.6. The molecular formula is C20H31IN4O3S. The third-order valence-corrected chi connectivity index (χ3v) is 5.60. The molecule has 29 heavy (non-hydrogen) atoms. The highest BCUT2D eigenvalue weighted by Gasteiger charge is 2.23. The van der Waals surface area contributed by atoms with Crippen LogP contribution >= 0.6 is 35.3 Å². The van der Waals surface area contributed by atoms with E-state index in [1.54, 1.807) is 24.7 Å². The highest BCUT2D eigenvalue weighted by atomic mass is 127. The van der Waals surface area contributed by atoms with E-state index in [0.29, 0.717) is 19.7 Å². The first-order chi connectivity index (χ1) is 13.9. The molecule has 2 aromatic rings. The van der Waals surface area contributed by atoms with Crippen molar-refractivity contribution >= 4 is 41.3 Å². The lowest BCUT2D eigenvalue weighted by Gasteiger charge is -2.33. The molecule has 0 radical (unpaired) electrons. The molecule has 1 aliphatic rings. The number of morpholine rings is 1. The molecule has 1 unspecified atom stereocenters. The normalized spacial score (nSPS) is 16.2. The number of halogens is 1. The molecule has 162 valence electrons. The largest absolute Gasteiger partial charge is 0.469 e. The molecule has 1 atom stereocenters. The molecule has 9 heteroatoms. The standard InChI is InChI=1S/C20H30N4O3S.HI/c1-25-12-8-22-20(21-7-6-17-4-2-11-27-17)23-16-18(19-5-3-15-28-19)24-9-13-26-14-10-24;/h2-5,11,15,18H,6-10,12-14,16H2,1H3,(H2,21,22,23);1H. The molecule has 0 spiro atoms. The molecule has 3 heterocycles. The minimum Gasteiger partial charge on any atom is -0.469 e. The quantitative estimate of drug-likeness (QED) is 0.212. The molecule has 1 fully saturated rings. The van der Waals surface area contributed by atoms with Crippen molar-refractivity contribution in [3.05, 3.63) is 46.5 Å². The fraction of sp³-hybridized carbons (Fsp3) is 0.550. The summed E-state index contributed by atoms with van der Waals surface area (Å²) in [6.07, 6.45) is 2.52. The number of nitrogens with one attached hydrogen (secondary N) is 2. The summed E-state index contributed by atoms with van der Waals surface area (Å²) in [4.78, 5) is 8.69. The molecule has 0 aromatic carbocycles. The summed E-state index contributed by atoms with van der Waals surface area (Å²) in [7, 11) is 1.70. The van der Waals surface area contributed by atoms with Crippen LogP contribution < -0.4 is 10.6 Å². The second-order valence-electron chi connectivity index (χ2n) is 6.54. The van der Waals surface area contributed by atoms with Gasteiger partial charge < -0.3 is 24.5 Å². The van der Waals surface area contributed by atoms with Crippen LogP contribution in [0.4, 0.5) is 0 Å². The fourth-order valence-electron chi connectivity index (χ4n) is 3.14. The van der Waals surface area contributed by atoms with E-state index < -0.39 is 0 Å². The van der Waals surface area contributed by atoms with Crippen molar-refractivity contribution in [1.29, 1.82) is 0 Å². The number of aliphatic imine (C=N–C) groups is 1. The highest BCUT2D eigenvalue weighted by molar-refractivity contribution is 14.0. The molecule has 0 bridgehead atoms. The van der Waals surface area contributed by atoms with Gasteiger partial charge in [0.05, 0.1) is 38.7 Å². The van der Waals surface area contributed by atoms with Gasteiger partial charge in [0.15, 0.2) is 5.96 Å². The smallest absolute Gasteiger partial charge is 0.191 e. The number of guanidine groups is 1. The summed E-state index contributed by atoms with van der Waals surface area (Å²) in [6.45, 7) is 6.25. The molecule has 0 saturated carbocycles. The Balaban J connectivity index is 0.00000300. The van der Waals surface area contributed by atoms with Crippen molar-refractivity contribution in [3.8, 4) is 0 Å². The number of thiophene rings is 1. The van der Waals surface area contributed by atoms with Crippen molar-refractivity contribution in [1.82, 2.24) is 15.5 Å². The van der Waals surface area contributed by atoms with E-state index in [9.17, 15) is 0 Å². The van der Waals surface area contributed by atoms with Crippen molar-refractivity contribution in [2.24, 2.45) is 4.99 Å². The van der Waals surface area contributed by atoms with Gasteiger partial charge in [0.25, 0.3) is 0 Å². The first kappa shape index (κ1) is 24.1. The molecule has 7 nitrogen and oxygen atoms in total. The van der Waals surface area contributed by atoms with Gasteiger partial charge in [-0.05, 0) is 23.6 Å². The number of hydrogen-bond donors (Lipinski definition) is 2. The van der Waals surface area contributed by atoms with Crippen LogP contribution in [0.3, 0.4) is 0 Å². The number of furan rings is 1. The molecule has 2 aromatic heterocycles. The van der Waals surface area contributed by atoms with E-state index in [4.69, 9.17) is 18.9 Å². The van der Waals surface area contributed by atoms with E-state index in [1.807, 2.05) is 12.1 Å². The van der Waals surface area contributed by atoms with Crippen LogP contribution in [0.1, 0.15) is 16.7 Å². The van der Waals surface area contributed by atoms with Crippen LogP contribution in [-0.2, 0) is 15.9 Å². The van der Waals surface area contributed by atoms with E-state index >= 15 is 0 Å². The number of nitrogens with zero attached hydrogens (tertiary/aromatic N) is 2. The Kier molecular flexibility index (Phi) is 11.6. The number of rotatable bonds is 10. The van der Waals surface area contributed by atoms with Gasteiger partial charge in [0.2, 0.25) is 0 Å². The second-order valence-corrected chi connectivity index (χ2v) is 7.52. The summed E-state index contributed by atoms with van der Waals surface area (Å²) >= 11 is 1.79. The Morgan fingerprint density at radius 1 is 1.24 bits per heavy atom. The molecular weight excluding hydrogens is 503 g/mol. The van der Waals surface area contributed by atoms with Gasteiger partial charge in [0, 0.05) is 44.6 Å². The highest BCUT2D eigenvalue weighted by Crippen LogP contribution is 2.26. The molecule has 0 aliphatic carbocycles. The lowest BCUT2D eigenvalue weighted by molar-refractivity contribution is 0.0186. The number of methoxy groups -OCH3 is 1. The van der Waals surface area contributed by atoms with Gasteiger partial charge >= 0.3 is 0 Å². The SMILES string of the molecule is COCCNC(=NCC(c1cccs1)N1CCOCC1)NCCc1ccco1.I. The van der Waals surface area contributed by atoms with Gasteiger partial charge in [-0.25, -0.2) is 0 Å². The lowest BCUT2D eigenvalue weighted by atomic mass is 10.2. The van der Waals surface area contributed by atoms with Crippen molar-refractivity contribution in [2.45, 2.75) is 12.5 Å². The van der Waals surface area contributed by atoms with Crippen LogP contribution in [0.15, 0.2) is 45.3 Å². The summed E-state index contributed by atoms with van der Waals surface area (Å²) < 4.78 is 16.1. The maximum absolute atomic E-state index is 5.53. The number of ether oxygens (including phenoxy) is 2. The van der Waals surface area contributed by atoms with E-state index in [-0.39, 0.29) is 30.0 Å². The average molecular weight is 534 g/mol. The van der Waals surface area contributed by atoms with E-state index in [1.165, 1.54) is 4.88 Å². The first-order valence-electron chi connectivity index (χ1n) is 9.75. The van der Waals surface area contributed by atoms with Crippen LogP contribution in [0.25, 0.3) is 0 Å². The monoisotopic (exact) mass is 534 g/mol. The molecule has 3 rings (SSSR count). The zero-order chi connectivity index (χ0) is 19.4. The van der Waals surface area contributed by atoms with E-state index in [2.05, 4.69) is 33.0 Å². The topological polar surface area (TPSA) is 71.3 Å². The van der Waals surface area contributed by atoms with Crippen molar-refractivity contribution in [2.75, 3.05) is 59.7 Å². The Morgan fingerprint density at radius 3 is 2.76 bits per heavy atom. The Morgan fingerprint density at radius 2 is 2.07 bits per heavy atom. The fourth-order valence-corrected chi connectivity index (χ4v) is 3.99. The van der Waals surface area contributed by atoms with Gasteiger partial charge in [0.1, 0.15) is 5.76 Å². The molecule has 1 saturated heterocycles. The second kappa shape index (κ2) is 14.0. The summed E-state index contributed by atoms with van der Waals surface area (Å²) in [5.41, 5.74) is 0. The van der Waals surface area contributed by atoms with Crippen LogP contribution in [0, 0.1) is 0 Å². The average Bonchev–Trinajstić information content (AvgIpc) is 3.43. The van der Waals surface area contributed by atoms with E-state index in [0.717, 1.165) is 51.0 Å². The van der Waals surface area contributed by atoms with Crippen LogP contribution in [0.2, 0.25) is 0 Å².